The Hall–Kier alpha value is -1.44. The number of hydrogen-bond acceptors (Lipinski definition) is 6. The summed E-state index contributed by atoms with van der Waals surface area (Å²) in [6, 6.07) is 6.10. The molecular weight excluding hydrogens is 316 g/mol. The molecule has 0 aliphatic rings. The third kappa shape index (κ3) is 6.29. The highest BCUT2D eigenvalue weighted by Gasteiger charge is 2.25. The van der Waals surface area contributed by atoms with Gasteiger partial charge in [-0.15, -0.1) is 11.8 Å². The van der Waals surface area contributed by atoms with Crippen LogP contribution in [0, 0.1) is 10.1 Å². The Morgan fingerprint density at radius 3 is 2.74 bits per heavy atom. The Kier molecular flexibility index (Phi) is 8.83. The first-order valence-corrected chi connectivity index (χ1v) is 8.60. The summed E-state index contributed by atoms with van der Waals surface area (Å²) in [7, 11) is 1.67. The maximum Gasteiger partial charge on any atom is 0.280 e. The molecule has 0 saturated carbocycles. The van der Waals surface area contributed by atoms with Gasteiger partial charge in [-0.3, -0.25) is 14.9 Å². The number of rotatable bonds is 11. The van der Waals surface area contributed by atoms with Crippen molar-refractivity contribution in [1.82, 2.24) is 5.32 Å². The van der Waals surface area contributed by atoms with E-state index in [4.69, 9.17) is 4.74 Å². The molecule has 2 atom stereocenters. The SMILES string of the molecule is CCC(NCCCOC)SC(C)C(=O)c1ccccc1[N+](=O)[O-]. The van der Waals surface area contributed by atoms with E-state index in [0.29, 0.717) is 6.61 Å². The smallest absolute Gasteiger partial charge is 0.280 e. The molecule has 6 nitrogen and oxygen atoms in total. The van der Waals surface area contributed by atoms with Gasteiger partial charge in [-0.05, 0) is 32.4 Å². The number of para-hydroxylation sites is 1. The first-order valence-electron chi connectivity index (χ1n) is 7.66. The Labute approximate surface area is 141 Å². The number of thioether (sulfide) groups is 1. The van der Waals surface area contributed by atoms with Gasteiger partial charge in [0.25, 0.3) is 5.69 Å². The summed E-state index contributed by atoms with van der Waals surface area (Å²) in [4.78, 5) is 23.1. The van der Waals surface area contributed by atoms with Crippen LogP contribution in [0.2, 0.25) is 0 Å². The number of hydrogen-bond donors (Lipinski definition) is 1. The number of methoxy groups -OCH3 is 1. The normalized spacial score (nSPS) is 13.5. The quantitative estimate of drug-likeness (QED) is 0.219. The van der Waals surface area contributed by atoms with E-state index in [1.54, 1.807) is 26.2 Å². The lowest BCUT2D eigenvalue weighted by molar-refractivity contribution is -0.385. The largest absolute Gasteiger partial charge is 0.385 e. The summed E-state index contributed by atoms with van der Waals surface area (Å²) in [5.41, 5.74) is 0.0396. The number of nitro groups is 1. The van der Waals surface area contributed by atoms with Gasteiger partial charge in [0.15, 0.2) is 5.78 Å². The molecule has 7 heteroatoms. The fourth-order valence-electron chi connectivity index (χ4n) is 2.14. The molecule has 1 rings (SSSR count). The Balaban J connectivity index is 2.67. The predicted molar refractivity (Wildman–Crippen MR) is 93.1 cm³/mol. The summed E-state index contributed by atoms with van der Waals surface area (Å²) in [6.45, 7) is 5.34. The third-order valence-corrected chi connectivity index (χ3v) is 4.82. The second-order valence-electron chi connectivity index (χ2n) is 5.11. The van der Waals surface area contributed by atoms with Crippen molar-refractivity contribution in [3.63, 3.8) is 0 Å². The number of benzene rings is 1. The Bertz CT molecular complexity index is 525. The molecule has 0 bridgehead atoms. The van der Waals surface area contributed by atoms with Crippen molar-refractivity contribution in [2.24, 2.45) is 0 Å². The zero-order valence-corrected chi connectivity index (χ0v) is 14.6. The van der Waals surface area contributed by atoms with Crippen LogP contribution in [0.3, 0.4) is 0 Å². The number of ketones is 1. The molecule has 2 unspecified atom stereocenters. The van der Waals surface area contributed by atoms with Crippen LogP contribution >= 0.6 is 11.8 Å². The minimum atomic E-state index is -0.509. The van der Waals surface area contributed by atoms with Crippen molar-refractivity contribution in [3.8, 4) is 0 Å². The van der Waals surface area contributed by atoms with E-state index < -0.39 is 4.92 Å². The molecule has 0 aromatic heterocycles. The van der Waals surface area contributed by atoms with Crippen molar-refractivity contribution in [3.05, 3.63) is 39.9 Å². The zero-order chi connectivity index (χ0) is 17.2. The van der Waals surface area contributed by atoms with Crippen LogP contribution < -0.4 is 5.32 Å². The molecule has 23 heavy (non-hydrogen) atoms. The van der Waals surface area contributed by atoms with Gasteiger partial charge in [-0.2, -0.15) is 0 Å². The molecular formula is C16H24N2O4S. The van der Waals surface area contributed by atoms with Crippen LogP contribution in [0.4, 0.5) is 5.69 Å². The van der Waals surface area contributed by atoms with E-state index >= 15 is 0 Å². The molecule has 0 spiro atoms. The lowest BCUT2D eigenvalue weighted by Crippen LogP contribution is -2.30. The highest BCUT2D eigenvalue weighted by atomic mass is 32.2. The molecule has 0 aliphatic heterocycles. The molecule has 1 N–H and O–H groups in total. The van der Waals surface area contributed by atoms with Gasteiger partial charge in [-0.1, -0.05) is 19.1 Å². The second-order valence-corrected chi connectivity index (χ2v) is 6.66. The van der Waals surface area contributed by atoms with Crippen LogP contribution in [-0.4, -0.2) is 41.6 Å². The van der Waals surface area contributed by atoms with E-state index in [1.165, 1.54) is 23.9 Å². The van der Waals surface area contributed by atoms with Crippen LogP contribution in [-0.2, 0) is 4.74 Å². The van der Waals surface area contributed by atoms with E-state index in [9.17, 15) is 14.9 Å². The number of nitrogens with one attached hydrogen (secondary N) is 1. The molecule has 0 radical (unpaired) electrons. The van der Waals surface area contributed by atoms with Crippen LogP contribution in [0.1, 0.15) is 37.0 Å². The molecule has 128 valence electrons. The van der Waals surface area contributed by atoms with Gasteiger partial charge in [0.2, 0.25) is 0 Å². The number of carbonyl (C=O) groups excluding carboxylic acids is 1. The average Bonchev–Trinajstić information content (AvgIpc) is 2.56. The highest BCUT2D eigenvalue weighted by Crippen LogP contribution is 2.26. The van der Waals surface area contributed by atoms with E-state index in [-0.39, 0.29) is 27.7 Å². The van der Waals surface area contributed by atoms with E-state index in [0.717, 1.165) is 19.4 Å². The summed E-state index contributed by atoms with van der Waals surface area (Å²) in [6.07, 6.45) is 1.77. The second kappa shape index (κ2) is 10.4. The van der Waals surface area contributed by atoms with Gasteiger partial charge < -0.3 is 10.1 Å². The summed E-state index contributed by atoms with van der Waals surface area (Å²) < 4.78 is 5.01. The Morgan fingerprint density at radius 1 is 1.43 bits per heavy atom. The molecule has 0 amide bonds. The number of Topliss-reactive ketones (excluding diaryl/α,β-unsaturated/α-hetero) is 1. The van der Waals surface area contributed by atoms with Gasteiger partial charge in [0.05, 0.1) is 21.1 Å². The van der Waals surface area contributed by atoms with Gasteiger partial charge in [-0.25, -0.2) is 0 Å². The van der Waals surface area contributed by atoms with E-state index in [2.05, 4.69) is 5.32 Å². The first kappa shape index (κ1) is 19.6. The minimum Gasteiger partial charge on any atom is -0.385 e. The standard InChI is InChI=1S/C16H24N2O4S/c1-4-15(17-10-7-11-22-3)23-12(2)16(19)13-8-5-6-9-14(13)18(20)21/h5-6,8-9,12,15,17H,4,7,10-11H2,1-3H3. The van der Waals surface area contributed by atoms with Crippen molar-refractivity contribution >= 4 is 23.2 Å². The molecule has 0 fully saturated rings. The summed E-state index contributed by atoms with van der Waals surface area (Å²) in [5.74, 6) is -0.209. The predicted octanol–water partition coefficient (Wildman–Crippen LogP) is 3.26. The van der Waals surface area contributed by atoms with Crippen molar-refractivity contribution < 1.29 is 14.5 Å². The van der Waals surface area contributed by atoms with Crippen LogP contribution in [0.25, 0.3) is 0 Å². The highest BCUT2D eigenvalue weighted by molar-refractivity contribution is 8.01. The lowest BCUT2D eigenvalue weighted by atomic mass is 10.1. The van der Waals surface area contributed by atoms with Crippen molar-refractivity contribution in [1.29, 1.82) is 0 Å². The van der Waals surface area contributed by atoms with Gasteiger partial charge in [0.1, 0.15) is 0 Å². The first-order chi connectivity index (χ1) is 11.0. The molecule has 1 aromatic carbocycles. The summed E-state index contributed by atoms with van der Waals surface area (Å²) >= 11 is 1.50. The number of carbonyl (C=O) groups is 1. The number of ether oxygens (including phenoxy) is 1. The van der Waals surface area contributed by atoms with E-state index in [1.807, 2.05) is 6.92 Å². The topological polar surface area (TPSA) is 81.5 Å². The van der Waals surface area contributed by atoms with Crippen molar-refractivity contribution in [2.45, 2.75) is 37.3 Å². The number of nitrogens with zero attached hydrogens (tertiary/aromatic N) is 1. The maximum atomic E-state index is 12.5. The zero-order valence-electron chi connectivity index (χ0n) is 13.8. The molecule has 1 aromatic rings. The fourth-order valence-corrected chi connectivity index (χ4v) is 3.29. The maximum absolute atomic E-state index is 12.5. The Morgan fingerprint density at radius 2 is 2.13 bits per heavy atom. The average molecular weight is 340 g/mol. The molecule has 0 saturated heterocycles. The lowest BCUT2D eigenvalue weighted by Gasteiger charge is -2.20. The van der Waals surface area contributed by atoms with Crippen LogP contribution in [0.5, 0.6) is 0 Å². The molecule has 0 aliphatic carbocycles. The van der Waals surface area contributed by atoms with Crippen molar-refractivity contribution in [2.75, 3.05) is 20.3 Å². The minimum absolute atomic E-state index is 0.133. The number of nitro benzene ring substituents is 1. The van der Waals surface area contributed by atoms with Gasteiger partial charge >= 0.3 is 0 Å². The molecule has 0 heterocycles. The summed E-state index contributed by atoms with van der Waals surface area (Å²) in [5, 5.41) is 14.2. The van der Waals surface area contributed by atoms with Crippen LogP contribution in [0.15, 0.2) is 24.3 Å². The van der Waals surface area contributed by atoms with Gasteiger partial charge in [0, 0.05) is 19.8 Å². The third-order valence-electron chi connectivity index (χ3n) is 3.37. The fraction of sp³-hybridized carbons (Fsp3) is 0.562. The monoisotopic (exact) mass is 340 g/mol.